The maximum absolute atomic E-state index is 13.1. The Kier molecular flexibility index (Phi) is 7.52. The molecule has 1 N–H and O–H groups in total. The number of carbonyl (C=O) groups is 2. The molecular weight excluding hydrogens is 432 g/mol. The summed E-state index contributed by atoms with van der Waals surface area (Å²) in [6.07, 6.45) is 1.60. The lowest BCUT2D eigenvalue weighted by molar-refractivity contribution is 0.0527. The molecule has 1 saturated heterocycles. The number of para-hydroxylation sites is 1. The van der Waals surface area contributed by atoms with Crippen molar-refractivity contribution in [3.05, 3.63) is 53.6 Å². The predicted molar refractivity (Wildman–Crippen MR) is 121 cm³/mol. The number of benzene rings is 2. The van der Waals surface area contributed by atoms with Crippen LogP contribution in [0.4, 0.5) is 5.69 Å². The van der Waals surface area contributed by atoms with Crippen LogP contribution in [0.2, 0.25) is 0 Å². The van der Waals surface area contributed by atoms with Crippen molar-refractivity contribution in [2.24, 2.45) is 5.92 Å². The summed E-state index contributed by atoms with van der Waals surface area (Å²) in [5.41, 5.74) is 0.516. The Hall–Kier alpha value is -2.91. The van der Waals surface area contributed by atoms with Crippen LogP contribution in [0.15, 0.2) is 47.4 Å². The standard InChI is InChI=1S/C23H28N2O6S/c1-4-31-23(27)18-7-5-6-8-20(18)24-22(26)19-15-17(9-10-21(19)30-3)32(28,29)25-13-11-16(2)12-14-25/h5-10,15-16H,4,11-14H2,1-3H3,(H,24,26). The summed E-state index contributed by atoms with van der Waals surface area (Å²) in [7, 11) is -2.34. The van der Waals surface area contributed by atoms with E-state index in [9.17, 15) is 18.0 Å². The number of piperidine rings is 1. The van der Waals surface area contributed by atoms with Gasteiger partial charge < -0.3 is 14.8 Å². The number of hydrogen-bond acceptors (Lipinski definition) is 6. The molecule has 1 amide bonds. The second-order valence-electron chi connectivity index (χ2n) is 7.67. The van der Waals surface area contributed by atoms with Gasteiger partial charge in [0.05, 0.1) is 35.4 Å². The molecule has 1 aliphatic heterocycles. The number of anilines is 1. The monoisotopic (exact) mass is 460 g/mol. The van der Waals surface area contributed by atoms with Crippen LogP contribution in [0.25, 0.3) is 0 Å². The number of ether oxygens (including phenoxy) is 2. The summed E-state index contributed by atoms with van der Waals surface area (Å²) in [5, 5.41) is 2.68. The highest BCUT2D eigenvalue weighted by Gasteiger charge is 2.29. The van der Waals surface area contributed by atoms with Crippen LogP contribution in [0.3, 0.4) is 0 Å². The van der Waals surface area contributed by atoms with Gasteiger partial charge in [-0.05, 0) is 56.0 Å². The van der Waals surface area contributed by atoms with Gasteiger partial charge >= 0.3 is 5.97 Å². The van der Waals surface area contributed by atoms with Crippen LogP contribution in [-0.2, 0) is 14.8 Å². The number of esters is 1. The van der Waals surface area contributed by atoms with E-state index in [4.69, 9.17) is 9.47 Å². The van der Waals surface area contributed by atoms with Gasteiger partial charge in [-0.15, -0.1) is 0 Å². The molecule has 3 rings (SSSR count). The highest BCUT2D eigenvalue weighted by atomic mass is 32.2. The number of nitrogens with zero attached hydrogens (tertiary/aromatic N) is 1. The first-order chi connectivity index (χ1) is 15.3. The molecule has 9 heteroatoms. The molecule has 172 valence electrons. The fraction of sp³-hybridized carbons (Fsp3) is 0.391. The predicted octanol–water partition coefficient (Wildman–Crippen LogP) is 3.54. The Balaban J connectivity index is 1.91. The fourth-order valence-corrected chi connectivity index (χ4v) is 5.06. The van der Waals surface area contributed by atoms with Crippen LogP contribution < -0.4 is 10.1 Å². The second kappa shape index (κ2) is 10.1. The molecule has 2 aromatic carbocycles. The van der Waals surface area contributed by atoms with Crippen LogP contribution in [0.1, 0.15) is 47.4 Å². The summed E-state index contributed by atoms with van der Waals surface area (Å²) in [5.74, 6) is -0.450. The minimum atomic E-state index is -3.74. The largest absolute Gasteiger partial charge is 0.496 e. The zero-order valence-corrected chi connectivity index (χ0v) is 19.3. The van der Waals surface area contributed by atoms with Gasteiger partial charge in [0, 0.05) is 13.1 Å². The molecule has 0 saturated carbocycles. The number of rotatable bonds is 7. The van der Waals surface area contributed by atoms with Crippen LogP contribution in [-0.4, -0.2) is 51.4 Å². The van der Waals surface area contributed by atoms with Crippen molar-refractivity contribution < 1.29 is 27.5 Å². The summed E-state index contributed by atoms with van der Waals surface area (Å²) in [6.45, 7) is 4.89. The lowest BCUT2D eigenvalue weighted by Gasteiger charge is -2.29. The Morgan fingerprint density at radius 2 is 1.78 bits per heavy atom. The van der Waals surface area contributed by atoms with Crippen molar-refractivity contribution >= 4 is 27.6 Å². The number of sulfonamides is 1. The third kappa shape index (κ3) is 5.11. The zero-order valence-electron chi connectivity index (χ0n) is 18.5. The van der Waals surface area contributed by atoms with E-state index in [1.807, 2.05) is 0 Å². The van der Waals surface area contributed by atoms with Crippen molar-refractivity contribution in [2.45, 2.75) is 31.6 Å². The number of methoxy groups -OCH3 is 1. The fourth-order valence-electron chi connectivity index (χ4n) is 3.57. The van der Waals surface area contributed by atoms with E-state index in [1.54, 1.807) is 31.2 Å². The molecule has 2 aromatic rings. The molecule has 1 fully saturated rings. The van der Waals surface area contributed by atoms with E-state index in [0.29, 0.717) is 19.0 Å². The zero-order chi connectivity index (χ0) is 23.3. The van der Waals surface area contributed by atoms with E-state index in [0.717, 1.165) is 12.8 Å². The Labute approximate surface area is 188 Å². The first-order valence-electron chi connectivity index (χ1n) is 10.5. The van der Waals surface area contributed by atoms with Gasteiger partial charge in [0.2, 0.25) is 10.0 Å². The van der Waals surface area contributed by atoms with E-state index >= 15 is 0 Å². The Morgan fingerprint density at radius 3 is 2.44 bits per heavy atom. The highest BCUT2D eigenvalue weighted by molar-refractivity contribution is 7.89. The molecule has 0 radical (unpaired) electrons. The molecule has 8 nitrogen and oxygen atoms in total. The topological polar surface area (TPSA) is 102 Å². The molecule has 0 aromatic heterocycles. The third-order valence-corrected chi connectivity index (χ3v) is 7.36. The molecule has 0 bridgehead atoms. The van der Waals surface area contributed by atoms with Crippen molar-refractivity contribution in [1.29, 1.82) is 0 Å². The average molecular weight is 461 g/mol. The molecule has 0 unspecified atom stereocenters. The highest BCUT2D eigenvalue weighted by Crippen LogP contribution is 2.28. The number of hydrogen-bond donors (Lipinski definition) is 1. The van der Waals surface area contributed by atoms with Gasteiger partial charge in [0.15, 0.2) is 0 Å². The minimum absolute atomic E-state index is 0.0247. The quantitative estimate of drug-likeness (QED) is 0.634. The van der Waals surface area contributed by atoms with Crippen LogP contribution >= 0.6 is 0 Å². The van der Waals surface area contributed by atoms with E-state index in [2.05, 4.69) is 12.2 Å². The maximum atomic E-state index is 13.1. The summed E-state index contributed by atoms with van der Waals surface area (Å²) >= 11 is 0. The normalized spacial score (nSPS) is 15.2. The van der Waals surface area contributed by atoms with Crippen molar-refractivity contribution in [3.63, 3.8) is 0 Å². The van der Waals surface area contributed by atoms with Gasteiger partial charge in [-0.2, -0.15) is 4.31 Å². The van der Waals surface area contributed by atoms with Gasteiger partial charge in [-0.1, -0.05) is 19.1 Å². The summed E-state index contributed by atoms with van der Waals surface area (Å²) in [6, 6.07) is 10.7. The number of amides is 1. The van der Waals surface area contributed by atoms with Gasteiger partial charge in [0.25, 0.3) is 5.91 Å². The van der Waals surface area contributed by atoms with Crippen LogP contribution in [0.5, 0.6) is 5.75 Å². The van der Waals surface area contributed by atoms with Crippen molar-refractivity contribution in [3.8, 4) is 5.75 Å². The Morgan fingerprint density at radius 1 is 1.09 bits per heavy atom. The lowest BCUT2D eigenvalue weighted by Crippen LogP contribution is -2.38. The molecule has 0 spiro atoms. The SMILES string of the molecule is CCOC(=O)c1ccccc1NC(=O)c1cc(S(=O)(=O)N2CCC(C)CC2)ccc1OC. The third-order valence-electron chi connectivity index (χ3n) is 5.47. The van der Waals surface area contributed by atoms with Gasteiger partial charge in [-0.25, -0.2) is 13.2 Å². The van der Waals surface area contributed by atoms with Gasteiger partial charge in [-0.3, -0.25) is 4.79 Å². The minimum Gasteiger partial charge on any atom is -0.496 e. The molecule has 0 atom stereocenters. The van der Waals surface area contributed by atoms with Crippen LogP contribution in [0, 0.1) is 5.92 Å². The van der Waals surface area contributed by atoms with E-state index in [1.165, 1.54) is 29.6 Å². The lowest BCUT2D eigenvalue weighted by atomic mass is 10.0. The summed E-state index contributed by atoms with van der Waals surface area (Å²) in [4.78, 5) is 25.3. The molecular formula is C23H28N2O6S. The van der Waals surface area contributed by atoms with E-state index < -0.39 is 21.9 Å². The Bertz CT molecular complexity index is 1090. The van der Waals surface area contributed by atoms with E-state index in [-0.39, 0.29) is 34.1 Å². The number of carbonyl (C=O) groups excluding carboxylic acids is 2. The molecule has 0 aliphatic carbocycles. The average Bonchev–Trinajstić information content (AvgIpc) is 2.79. The second-order valence-corrected chi connectivity index (χ2v) is 9.61. The molecule has 1 aliphatic rings. The summed E-state index contributed by atoms with van der Waals surface area (Å²) < 4.78 is 38.0. The number of nitrogens with one attached hydrogen (secondary N) is 1. The molecule has 32 heavy (non-hydrogen) atoms. The first-order valence-corrected chi connectivity index (χ1v) is 12.0. The first kappa shape index (κ1) is 23.7. The van der Waals surface area contributed by atoms with Crippen molar-refractivity contribution in [1.82, 2.24) is 4.31 Å². The van der Waals surface area contributed by atoms with Gasteiger partial charge in [0.1, 0.15) is 5.75 Å². The maximum Gasteiger partial charge on any atom is 0.340 e. The van der Waals surface area contributed by atoms with Crippen molar-refractivity contribution in [2.75, 3.05) is 32.1 Å². The molecule has 1 heterocycles. The smallest absolute Gasteiger partial charge is 0.340 e.